The predicted octanol–water partition coefficient (Wildman–Crippen LogP) is 4.35. The van der Waals surface area contributed by atoms with Crippen LogP contribution < -0.4 is 4.90 Å². The van der Waals surface area contributed by atoms with Crippen molar-refractivity contribution in [1.29, 1.82) is 5.26 Å². The molecule has 1 fully saturated rings. The first kappa shape index (κ1) is 17.6. The van der Waals surface area contributed by atoms with Crippen molar-refractivity contribution in [2.24, 2.45) is 0 Å². The summed E-state index contributed by atoms with van der Waals surface area (Å²) in [6.45, 7) is 2.48. The van der Waals surface area contributed by atoms with Crippen LogP contribution in [0.2, 0.25) is 0 Å². The van der Waals surface area contributed by atoms with E-state index in [0.717, 1.165) is 16.3 Å². The van der Waals surface area contributed by atoms with Gasteiger partial charge in [-0.05, 0) is 36.8 Å². The van der Waals surface area contributed by atoms with E-state index in [0.29, 0.717) is 18.1 Å². The van der Waals surface area contributed by atoms with Gasteiger partial charge in [-0.1, -0.05) is 41.6 Å². The van der Waals surface area contributed by atoms with Gasteiger partial charge in [-0.15, -0.1) is 0 Å². The first-order chi connectivity index (χ1) is 13.1. The van der Waals surface area contributed by atoms with E-state index in [1.54, 1.807) is 17.0 Å². The third-order valence-electron chi connectivity index (χ3n) is 4.97. The molecule has 0 spiro atoms. The van der Waals surface area contributed by atoms with Crippen LogP contribution in [-0.2, 0) is 4.79 Å². The quantitative estimate of drug-likeness (QED) is 0.778. The minimum absolute atomic E-state index is 0.0114. The second-order valence-corrected chi connectivity index (χ2v) is 7.68. The summed E-state index contributed by atoms with van der Waals surface area (Å²) in [6.07, 6.45) is 0.223. The molecule has 136 valence electrons. The number of nitrogens with zero attached hydrogens (tertiary/aromatic N) is 3. The average molecular weight is 379 g/mol. The van der Waals surface area contributed by atoms with E-state index in [-0.39, 0.29) is 24.1 Å². The molecular weight excluding hydrogens is 361 g/mol. The van der Waals surface area contributed by atoms with E-state index in [1.165, 1.54) is 29.5 Å². The summed E-state index contributed by atoms with van der Waals surface area (Å²) in [5.41, 5.74) is 3.64. The zero-order valence-corrected chi connectivity index (χ0v) is 15.7. The lowest BCUT2D eigenvalue weighted by Crippen LogP contribution is -2.47. The molecule has 2 aromatic carbocycles. The van der Waals surface area contributed by atoms with Crippen LogP contribution in [-0.4, -0.2) is 23.4 Å². The van der Waals surface area contributed by atoms with Crippen LogP contribution in [0.1, 0.15) is 23.5 Å². The molecule has 0 bridgehead atoms. The second-order valence-electron chi connectivity index (χ2n) is 6.75. The highest BCUT2D eigenvalue weighted by molar-refractivity contribution is 8.03. The summed E-state index contributed by atoms with van der Waals surface area (Å²) in [5.74, 6) is 0.0219. The summed E-state index contributed by atoms with van der Waals surface area (Å²) in [4.78, 5) is 16.7. The Bertz CT molecular complexity index is 947. The fourth-order valence-corrected chi connectivity index (χ4v) is 4.63. The molecule has 2 aromatic rings. The molecule has 0 aromatic heterocycles. The number of carbonyl (C=O) groups excluding carboxylic acids is 1. The number of nitriles is 1. The lowest BCUT2D eigenvalue weighted by atomic mass is 9.86. The van der Waals surface area contributed by atoms with Crippen molar-refractivity contribution in [3.63, 3.8) is 0 Å². The Morgan fingerprint density at radius 3 is 2.52 bits per heavy atom. The number of hydrogen-bond donors (Lipinski definition) is 0. The summed E-state index contributed by atoms with van der Waals surface area (Å²) in [6, 6.07) is 16.6. The molecule has 0 N–H and O–H groups in total. The fraction of sp³-hybridized carbons (Fsp3) is 0.238. The van der Waals surface area contributed by atoms with Gasteiger partial charge in [-0.3, -0.25) is 9.69 Å². The van der Waals surface area contributed by atoms with Gasteiger partial charge in [0.25, 0.3) is 0 Å². The van der Waals surface area contributed by atoms with E-state index in [1.807, 2.05) is 19.1 Å². The van der Waals surface area contributed by atoms with E-state index in [2.05, 4.69) is 23.1 Å². The van der Waals surface area contributed by atoms with Crippen LogP contribution in [0.3, 0.4) is 0 Å². The molecule has 6 heteroatoms. The number of rotatable bonds is 2. The number of anilines is 1. The highest BCUT2D eigenvalue weighted by Gasteiger charge is 2.38. The molecule has 27 heavy (non-hydrogen) atoms. The number of carbonyl (C=O) groups is 1. The van der Waals surface area contributed by atoms with E-state index >= 15 is 0 Å². The number of fused-ring (bicyclic) bond motifs is 1. The number of thioether (sulfide) groups is 1. The third kappa shape index (κ3) is 3.31. The first-order valence-corrected chi connectivity index (χ1v) is 9.70. The number of benzene rings is 2. The summed E-state index contributed by atoms with van der Waals surface area (Å²) < 4.78 is 13.2. The van der Waals surface area contributed by atoms with Crippen molar-refractivity contribution in [2.45, 2.75) is 19.3 Å². The molecule has 2 heterocycles. The Kier molecular flexibility index (Phi) is 4.63. The molecule has 0 saturated carbocycles. The molecule has 2 aliphatic rings. The normalized spacial score (nSPS) is 19.7. The smallest absolute Gasteiger partial charge is 0.229 e. The second kappa shape index (κ2) is 7.09. The highest BCUT2D eigenvalue weighted by Crippen LogP contribution is 2.43. The fourth-order valence-electron chi connectivity index (χ4n) is 3.46. The van der Waals surface area contributed by atoms with Gasteiger partial charge in [0.15, 0.2) is 0 Å². The van der Waals surface area contributed by atoms with Crippen LogP contribution in [0.15, 0.2) is 59.1 Å². The summed E-state index contributed by atoms with van der Waals surface area (Å²) in [5, 5.41) is 10.5. The zero-order chi connectivity index (χ0) is 19.0. The molecular formula is C21H18FN3OS. The standard InChI is InChI=1S/C21H18FN3OS/c1-14-2-8-17(9-3-14)24-12-25-20(26)10-18(15-4-6-16(22)7-5-15)19(11-23)21(25)27-13-24/h2-9,18H,10,12-13H2,1H3. The number of halogens is 1. The molecule has 4 rings (SSSR count). The maximum atomic E-state index is 13.2. The summed E-state index contributed by atoms with van der Waals surface area (Å²) >= 11 is 1.51. The van der Waals surface area contributed by atoms with E-state index < -0.39 is 0 Å². The Labute approximate surface area is 161 Å². The largest absolute Gasteiger partial charge is 0.344 e. The maximum Gasteiger partial charge on any atom is 0.229 e. The minimum atomic E-state index is -0.325. The van der Waals surface area contributed by atoms with Crippen LogP contribution in [0.25, 0.3) is 0 Å². The van der Waals surface area contributed by atoms with Gasteiger partial charge in [0.05, 0.1) is 29.2 Å². The van der Waals surface area contributed by atoms with Gasteiger partial charge in [0.1, 0.15) is 5.82 Å². The predicted molar refractivity (Wildman–Crippen MR) is 104 cm³/mol. The van der Waals surface area contributed by atoms with E-state index in [4.69, 9.17) is 0 Å². The molecule has 1 saturated heterocycles. The van der Waals surface area contributed by atoms with Crippen LogP contribution in [0.4, 0.5) is 10.1 Å². The van der Waals surface area contributed by atoms with Crippen molar-refractivity contribution < 1.29 is 9.18 Å². The van der Waals surface area contributed by atoms with Crippen molar-refractivity contribution in [3.8, 4) is 6.07 Å². The maximum absolute atomic E-state index is 13.2. The van der Waals surface area contributed by atoms with Gasteiger partial charge in [-0.25, -0.2) is 4.39 Å². The number of amides is 1. The van der Waals surface area contributed by atoms with Crippen molar-refractivity contribution in [2.75, 3.05) is 17.4 Å². The van der Waals surface area contributed by atoms with Gasteiger partial charge in [0, 0.05) is 18.0 Å². The zero-order valence-electron chi connectivity index (χ0n) is 14.9. The molecule has 1 atom stereocenters. The van der Waals surface area contributed by atoms with Gasteiger partial charge >= 0.3 is 0 Å². The lowest BCUT2D eigenvalue weighted by molar-refractivity contribution is -0.129. The topological polar surface area (TPSA) is 47.3 Å². The van der Waals surface area contributed by atoms with Gasteiger partial charge < -0.3 is 4.90 Å². The lowest BCUT2D eigenvalue weighted by Gasteiger charge is -2.42. The molecule has 1 unspecified atom stereocenters. The van der Waals surface area contributed by atoms with Crippen molar-refractivity contribution in [1.82, 2.24) is 4.90 Å². The Hall–Kier alpha value is -2.78. The van der Waals surface area contributed by atoms with Crippen LogP contribution in [0.5, 0.6) is 0 Å². The third-order valence-corrected chi connectivity index (χ3v) is 6.12. The highest BCUT2D eigenvalue weighted by atomic mass is 32.2. The van der Waals surface area contributed by atoms with E-state index in [9.17, 15) is 14.4 Å². The Morgan fingerprint density at radius 2 is 1.85 bits per heavy atom. The first-order valence-electron chi connectivity index (χ1n) is 8.71. The summed E-state index contributed by atoms with van der Waals surface area (Å²) in [7, 11) is 0. The average Bonchev–Trinajstić information content (AvgIpc) is 2.69. The molecule has 0 aliphatic carbocycles. The number of hydrogen-bond acceptors (Lipinski definition) is 4. The monoisotopic (exact) mass is 379 g/mol. The Balaban J connectivity index is 1.65. The number of aryl methyl sites for hydroxylation is 1. The minimum Gasteiger partial charge on any atom is -0.344 e. The molecule has 2 aliphatic heterocycles. The molecule has 4 nitrogen and oxygen atoms in total. The molecule has 0 radical (unpaired) electrons. The van der Waals surface area contributed by atoms with Crippen molar-refractivity contribution >= 4 is 23.4 Å². The Morgan fingerprint density at radius 1 is 1.15 bits per heavy atom. The number of allylic oxidation sites excluding steroid dienone is 1. The SMILES string of the molecule is Cc1ccc(N2CSC3=C(C#N)C(c4ccc(F)cc4)CC(=O)N3C2)cc1. The van der Waals surface area contributed by atoms with Gasteiger partial charge in [0.2, 0.25) is 5.91 Å². The van der Waals surface area contributed by atoms with Crippen LogP contribution >= 0.6 is 11.8 Å². The van der Waals surface area contributed by atoms with Crippen molar-refractivity contribution in [3.05, 3.63) is 76.1 Å². The van der Waals surface area contributed by atoms with Crippen LogP contribution in [0, 0.1) is 24.1 Å². The van der Waals surface area contributed by atoms with Gasteiger partial charge in [-0.2, -0.15) is 5.26 Å². The molecule has 1 amide bonds.